The van der Waals surface area contributed by atoms with Gasteiger partial charge in [-0.05, 0) is 60.5 Å². The number of hydrogen-bond donors (Lipinski definition) is 2. The summed E-state index contributed by atoms with van der Waals surface area (Å²) in [6.45, 7) is 4.43. The van der Waals surface area contributed by atoms with Crippen molar-refractivity contribution < 1.29 is 32.3 Å². The minimum atomic E-state index is -4.01. The molecular weight excluding hydrogens is 468 g/mol. The average Bonchev–Trinajstić information content (AvgIpc) is 2.93. The third-order valence-corrected chi connectivity index (χ3v) is 5.62. The van der Waals surface area contributed by atoms with E-state index in [0.29, 0.717) is 11.3 Å². The highest BCUT2D eigenvalue weighted by molar-refractivity contribution is 9.10. The second-order valence-electron chi connectivity index (χ2n) is 6.03. The predicted octanol–water partition coefficient (Wildman–Crippen LogP) is 2.26. The maximum absolute atomic E-state index is 12.6. The topological polar surface area (TPSA) is 146 Å². The van der Waals surface area contributed by atoms with E-state index in [1.54, 1.807) is 20.8 Å². The Morgan fingerprint density at radius 2 is 1.79 bits per heavy atom. The molecule has 2 rings (SSSR count). The van der Waals surface area contributed by atoms with E-state index < -0.39 is 34.4 Å². The molecule has 0 aliphatic rings. The van der Waals surface area contributed by atoms with Crippen molar-refractivity contribution in [1.82, 2.24) is 4.98 Å². The van der Waals surface area contributed by atoms with Crippen molar-refractivity contribution >= 4 is 43.7 Å². The lowest BCUT2D eigenvalue weighted by molar-refractivity contribution is 0.0472. The van der Waals surface area contributed by atoms with Gasteiger partial charge in [-0.1, -0.05) is 0 Å². The molecule has 1 heterocycles. The van der Waals surface area contributed by atoms with E-state index in [-0.39, 0.29) is 32.8 Å². The maximum atomic E-state index is 12.6. The molecule has 9 nitrogen and oxygen atoms in total. The van der Waals surface area contributed by atoms with Crippen LogP contribution in [-0.4, -0.2) is 44.3 Å². The Bertz CT molecular complexity index is 1090. The molecule has 0 radical (unpaired) electrons. The molecule has 2 aromatic rings. The number of ether oxygens (including phenoxy) is 2. The number of rotatable bonds is 7. The van der Waals surface area contributed by atoms with Crippen LogP contribution in [0.3, 0.4) is 0 Å². The quantitative estimate of drug-likeness (QED) is 0.450. The number of carbonyl (C=O) groups excluding carboxylic acids is 3. The summed E-state index contributed by atoms with van der Waals surface area (Å²) in [4.78, 5) is 39.4. The first-order valence-electron chi connectivity index (χ1n) is 8.36. The number of halogens is 1. The van der Waals surface area contributed by atoms with Crippen molar-refractivity contribution in [3.8, 4) is 0 Å². The zero-order valence-corrected chi connectivity index (χ0v) is 18.3. The smallest absolute Gasteiger partial charge is 0.355 e. The van der Waals surface area contributed by atoms with Gasteiger partial charge >= 0.3 is 11.9 Å². The molecule has 0 amide bonds. The third-order valence-electron chi connectivity index (χ3n) is 4.02. The Labute approximate surface area is 175 Å². The van der Waals surface area contributed by atoms with Gasteiger partial charge in [-0.2, -0.15) is 0 Å². The van der Waals surface area contributed by atoms with Crippen LogP contribution in [0.5, 0.6) is 0 Å². The molecule has 0 spiro atoms. The van der Waals surface area contributed by atoms with Gasteiger partial charge in [0, 0.05) is 15.7 Å². The molecule has 0 aliphatic carbocycles. The number of aromatic amines is 1. The number of nitrogens with one attached hydrogen (secondary N) is 1. The van der Waals surface area contributed by atoms with Gasteiger partial charge in [-0.15, -0.1) is 0 Å². The van der Waals surface area contributed by atoms with Crippen molar-refractivity contribution in [2.24, 2.45) is 5.14 Å². The highest BCUT2D eigenvalue weighted by atomic mass is 79.9. The summed E-state index contributed by atoms with van der Waals surface area (Å²) in [5.41, 5.74) is 1.10. The molecule has 0 atom stereocenters. The summed E-state index contributed by atoms with van der Waals surface area (Å²) in [6.07, 6.45) is 0. The van der Waals surface area contributed by atoms with Crippen LogP contribution in [0.1, 0.15) is 49.4 Å². The Hall–Kier alpha value is -2.50. The van der Waals surface area contributed by atoms with Crippen molar-refractivity contribution in [3.05, 3.63) is 50.8 Å². The SMILES string of the molecule is CCOC(=O)c1[nH]c(C)c(C(=O)COC(=O)c2cc(S(N)(=O)=O)ccc2Br)c1C. The number of sulfonamides is 1. The highest BCUT2D eigenvalue weighted by Gasteiger charge is 2.24. The van der Waals surface area contributed by atoms with Gasteiger partial charge in [0.2, 0.25) is 15.8 Å². The number of Topliss-reactive ketones (excluding diaryl/α,β-unsaturated/α-hetero) is 1. The number of H-pyrrole nitrogens is 1. The molecule has 0 aliphatic heterocycles. The molecule has 0 fully saturated rings. The van der Waals surface area contributed by atoms with Crippen LogP contribution in [0.4, 0.5) is 0 Å². The average molecular weight is 487 g/mol. The number of hydrogen-bond acceptors (Lipinski definition) is 7. The maximum Gasteiger partial charge on any atom is 0.355 e. The van der Waals surface area contributed by atoms with E-state index >= 15 is 0 Å². The fraction of sp³-hybridized carbons (Fsp3) is 0.278. The van der Waals surface area contributed by atoms with Crippen LogP contribution in [0.15, 0.2) is 27.6 Å². The lowest BCUT2D eigenvalue weighted by atomic mass is 10.1. The van der Waals surface area contributed by atoms with Crippen molar-refractivity contribution in [1.29, 1.82) is 0 Å². The first-order chi connectivity index (χ1) is 13.5. The van der Waals surface area contributed by atoms with Gasteiger partial charge in [0.25, 0.3) is 0 Å². The number of primary sulfonamides is 1. The van der Waals surface area contributed by atoms with Crippen molar-refractivity contribution in [3.63, 3.8) is 0 Å². The molecule has 156 valence electrons. The zero-order valence-electron chi connectivity index (χ0n) is 15.9. The van der Waals surface area contributed by atoms with E-state index in [4.69, 9.17) is 14.6 Å². The number of aromatic nitrogens is 1. The fourth-order valence-corrected chi connectivity index (χ4v) is 3.64. The number of carbonyl (C=O) groups is 3. The van der Waals surface area contributed by atoms with Crippen molar-refractivity contribution in [2.45, 2.75) is 25.7 Å². The zero-order chi connectivity index (χ0) is 21.9. The van der Waals surface area contributed by atoms with Gasteiger partial charge in [-0.25, -0.2) is 23.1 Å². The molecule has 29 heavy (non-hydrogen) atoms. The van der Waals surface area contributed by atoms with Gasteiger partial charge in [0.05, 0.1) is 17.1 Å². The molecule has 11 heteroatoms. The van der Waals surface area contributed by atoms with E-state index in [1.165, 1.54) is 12.1 Å². The third kappa shape index (κ3) is 5.11. The lowest BCUT2D eigenvalue weighted by Gasteiger charge is -2.08. The molecule has 0 unspecified atom stereocenters. The standard InChI is InChI=1S/C18H19BrN2O7S/c1-4-27-18(24)16-9(2)15(10(3)21-16)14(22)8-28-17(23)12-7-11(29(20,25)26)5-6-13(12)19/h5-7,21H,4,8H2,1-3H3,(H2,20,25,26). The van der Waals surface area contributed by atoms with Crippen LogP contribution in [0.2, 0.25) is 0 Å². The minimum Gasteiger partial charge on any atom is -0.461 e. The molecule has 0 saturated heterocycles. The summed E-state index contributed by atoms with van der Waals surface area (Å²) in [6, 6.07) is 3.62. The van der Waals surface area contributed by atoms with Gasteiger partial charge in [0.15, 0.2) is 6.61 Å². The second kappa shape index (κ2) is 8.89. The summed E-state index contributed by atoms with van der Waals surface area (Å²) in [7, 11) is -4.01. The van der Waals surface area contributed by atoms with Crippen LogP contribution in [0, 0.1) is 13.8 Å². The first-order valence-corrected chi connectivity index (χ1v) is 10.7. The van der Waals surface area contributed by atoms with Crippen LogP contribution < -0.4 is 5.14 Å². The lowest BCUT2D eigenvalue weighted by Crippen LogP contribution is -2.17. The fourth-order valence-electron chi connectivity index (χ4n) is 2.69. The Balaban J connectivity index is 2.20. The van der Waals surface area contributed by atoms with Crippen molar-refractivity contribution in [2.75, 3.05) is 13.2 Å². The van der Waals surface area contributed by atoms with Gasteiger partial charge < -0.3 is 14.5 Å². The van der Waals surface area contributed by atoms with E-state index in [9.17, 15) is 22.8 Å². The molecule has 0 bridgehead atoms. The largest absolute Gasteiger partial charge is 0.461 e. The van der Waals surface area contributed by atoms with Crippen LogP contribution >= 0.6 is 15.9 Å². The normalized spacial score (nSPS) is 11.2. The summed E-state index contributed by atoms with van der Waals surface area (Å²) >= 11 is 3.13. The minimum absolute atomic E-state index is 0.0981. The monoisotopic (exact) mass is 486 g/mol. The number of esters is 2. The van der Waals surface area contributed by atoms with E-state index in [1.807, 2.05) is 0 Å². The molecule has 1 aromatic heterocycles. The van der Waals surface area contributed by atoms with Gasteiger partial charge in [-0.3, -0.25) is 4.79 Å². The number of nitrogens with two attached hydrogens (primary N) is 1. The number of ketones is 1. The predicted molar refractivity (Wildman–Crippen MR) is 106 cm³/mol. The Morgan fingerprint density at radius 1 is 1.14 bits per heavy atom. The van der Waals surface area contributed by atoms with E-state index in [0.717, 1.165) is 6.07 Å². The summed E-state index contributed by atoms with van der Waals surface area (Å²) < 4.78 is 33.2. The molecule has 3 N–H and O–H groups in total. The molecular formula is C18H19BrN2O7S. The Morgan fingerprint density at radius 3 is 2.38 bits per heavy atom. The van der Waals surface area contributed by atoms with Gasteiger partial charge in [0.1, 0.15) is 5.69 Å². The second-order valence-corrected chi connectivity index (χ2v) is 8.45. The highest BCUT2D eigenvalue weighted by Crippen LogP contribution is 2.23. The number of aryl methyl sites for hydroxylation is 1. The molecule has 0 saturated carbocycles. The van der Waals surface area contributed by atoms with Crippen LogP contribution in [-0.2, 0) is 19.5 Å². The number of benzene rings is 1. The Kier molecular flexibility index (Phi) is 6.98. The van der Waals surface area contributed by atoms with E-state index in [2.05, 4.69) is 20.9 Å². The summed E-state index contributed by atoms with van der Waals surface area (Å²) in [5, 5.41) is 5.07. The first kappa shape index (κ1) is 22.8. The van der Waals surface area contributed by atoms with Crippen LogP contribution in [0.25, 0.3) is 0 Å². The molecule has 1 aromatic carbocycles. The summed E-state index contributed by atoms with van der Waals surface area (Å²) in [5.74, 6) is -2.03.